The Labute approximate surface area is 120 Å². The van der Waals surface area contributed by atoms with E-state index < -0.39 is 10.0 Å². The minimum Gasteiger partial charge on any atom is -0.507 e. The van der Waals surface area contributed by atoms with Gasteiger partial charge in [-0.15, -0.1) is 0 Å². The normalized spacial score (nSPS) is 13.4. The third-order valence-corrected chi connectivity index (χ3v) is 4.90. The van der Waals surface area contributed by atoms with Crippen LogP contribution in [-0.2, 0) is 10.0 Å². The van der Waals surface area contributed by atoms with Crippen molar-refractivity contribution in [3.63, 3.8) is 0 Å². The molecule has 0 bridgehead atoms. The zero-order valence-corrected chi connectivity index (χ0v) is 13.1. The maximum atomic E-state index is 11.6. The molecule has 1 aromatic carbocycles. The van der Waals surface area contributed by atoms with Crippen molar-refractivity contribution < 1.29 is 18.3 Å². The number of nitrogens with zero attached hydrogens (tertiary/aromatic N) is 1. The van der Waals surface area contributed by atoms with E-state index in [4.69, 9.17) is 4.74 Å². The van der Waals surface area contributed by atoms with Gasteiger partial charge in [0.25, 0.3) is 0 Å². The SMILES string of the molecule is COc1ccc(C(C)NCCS(=O)(=O)N(C)C)c(O)c1. The van der Waals surface area contributed by atoms with Crippen LogP contribution in [-0.4, -0.2) is 51.3 Å². The minimum absolute atomic E-state index is 0.0151. The first kappa shape index (κ1) is 16.7. The van der Waals surface area contributed by atoms with Crippen LogP contribution in [0.25, 0.3) is 0 Å². The first-order valence-corrected chi connectivity index (χ1v) is 7.89. The third-order valence-electron chi connectivity index (χ3n) is 3.07. The Morgan fingerprint density at radius 3 is 2.55 bits per heavy atom. The number of methoxy groups -OCH3 is 1. The Hall–Kier alpha value is -1.31. The fraction of sp³-hybridized carbons (Fsp3) is 0.538. The van der Waals surface area contributed by atoms with Gasteiger partial charge in [-0.3, -0.25) is 0 Å². The van der Waals surface area contributed by atoms with Gasteiger partial charge in [0, 0.05) is 38.3 Å². The lowest BCUT2D eigenvalue weighted by atomic mass is 10.1. The molecule has 0 amide bonds. The van der Waals surface area contributed by atoms with Gasteiger partial charge in [-0.2, -0.15) is 0 Å². The van der Waals surface area contributed by atoms with E-state index in [2.05, 4.69) is 5.32 Å². The van der Waals surface area contributed by atoms with E-state index >= 15 is 0 Å². The number of rotatable bonds is 7. The van der Waals surface area contributed by atoms with Crippen LogP contribution in [0.15, 0.2) is 18.2 Å². The van der Waals surface area contributed by atoms with Crippen molar-refractivity contribution in [2.75, 3.05) is 33.5 Å². The smallest absolute Gasteiger partial charge is 0.214 e. The molecule has 1 unspecified atom stereocenters. The molecule has 0 aliphatic heterocycles. The number of hydrogen-bond acceptors (Lipinski definition) is 5. The Morgan fingerprint density at radius 1 is 1.40 bits per heavy atom. The summed E-state index contributed by atoms with van der Waals surface area (Å²) < 4.78 is 29.5. The quantitative estimate of drug-likeness (QED) is 0.784. The second-order valence-electron chi connectivity index (χ2n) is 4.70. The van der Waals surface area contributed by atoms with Gasteiger partial charge in [0.05, 0.1) is 12.9 Å². The molecule has 114 valence electrons. The van der Waals surface area contributed by atoms with Gasteiger partial charge in [0.1, 0.15) is 11.5 Å². The van der Waals surface area contributed by atoms with Crippen molar-refractivity contribution in [2.24, 2.45) is 0 Å². The average Bonchev–Trinajstić information content (AvgIpc) is 2.37. The van der Waals surface area contributed by atoms with Crippen molar-refractivity contribution in [3.05, 3.63) is 23.8 Å². The lowest BCUT2D eigenvalue weighted by molar-refractivity contribution is 0.404. The van der Waals surface area contributed by atoms with E-state index in [0.29, 0.717) is 17.9 Å². The van der Waals surface area contributed by atoms with E-state index in [9.17, 15) is 13.5 Å². The Morgan fingerprint density at radius 2 is 2.05 bits per heavy atom. The molecule has 0 spiro atoms. The van der Waals surface area contributed by atoms with E-state index in [-0.39, 0.29) is 17.5 Å². The molecule has 0 aliphatic rings. The summed E-state index contributed by atoms with van der Waals surface area (Å²) in [6.45, 7) is 2.18. The van der Waals surface area contributed by atoms with Crippen LogP contribution < -0.4 is 10.1 Å². The van der Waals surface area contributed by atoms with E-state index in [1.807, 2.05) is 6.92 Å². The summed E-state index contributed by atoms with van der Waals surface area (Å²) in [6, 6.07) is 4.89. The number of ether oxygens (including phenoxy) is 1. The molecular weight excluding hydrogens is 280 g/mol. The average molecular weight is 302 g/mol. The molecule has 0 aromatic heterocycles. The van der Waals surface area contributed by atoms with Crippen molar-refractivity contribution in [2.45, 2.75) is 13.0 Å². The predicted molar refractivity (Wildman–Crippen MR) is 78.6 cm³/mol. The molecule has 7 heteroatoms. The highest BCUT2D eigenvalue weighted by Crippen LogP contribution is 2.28. The van der Waals surface area contributed by atoms with E-state index in [0.717, 1.165) is 0 Å². The van der Waals surface area contributed by atoms with Crippen LogP contribution in [0.2, 0.25) is 0 Å². The Balaban J connectivity index is 2.62. The Kier molecular flexibility index (Phi) is 5.79. The molecule has 6 nitrogen and oxygen atoms in total. The van der Waals surface area contributed by atoms with Crippen LogP contribution >= 0.6 is 0 Å². The first-order chi connectivity index (χ1) is 9.27. The number of phenols is 1. The lowest BCUT2D eigenvalue weighted by Crippen LogP contribution is -2.32. The molecule has 0 aliphatic carbocycles. The second-order valence-corrected chi connectivity index (χ2v) is 7.00. The molecule has 1 atom stereocenters. The zero-order valence-electron chi connectivity index (χ0n) is 12.3. The Bertz CT molecular complexity index is 543. The minimum atomic E-state index is -3.21. The first-order valence-electron chi connectivity index (χ1n) is 6.28. The largest absolute Gasteiger partial charge is 0.507 e. The summed E-state index contributed by atoms with van der Waals surface area (Å²) in [5, 5.41) is 13.0. The molecule has 0 radical (unpaired) electrons. The molecule has 0 saturated heterocycles. The molecule has 2 N–H and O–H groups in total. The van der Waals surface area contributed by atoms with Gasteiger partial charge >= 0.3 is 0 Å². The van der Waals surface area contributed by atoms with Crippen LogP contribution in [0, 0.1) is 0 Å². The molecule has 0 saturated carbocycles. The molecular formula is C13H22N2O4S. The van der Waals surface area contributed by atoms with Gasteiger partial charge in [-0.05, 0) is 13.0 Å². The topological polar surface area (TPSA) is 78.9 Å². The highest BCUT2D eigenvalue weighted by molar-refractivity contribution is 7.89. The van der Waals surface area contributed by atoms with Crippen LogP contribution in [0.1, 0.15) is 18.5 Å². The maximum absolute atomic E-state index is 11.6. The third kappa shape index (κ3) is 4.36. The fourth-order valence-corrected chi connectivity index (χ4v) is 2.45. The van der Waals surface area contributed by atoms with Gasteiger partial charge in [-0.1, -0.05) is 6.07 Å². The number of benzene rings is 1. The standard InChI is InChI=1S/C13H22N2O4S/c1-10(14-7-8-20(17,18)15(2)3)12-6-5-11(19-4)9-13(12)16/h5-6,9-10,14,16H,7-8H2,1-4H3. The van der Waals surface area contributed by atoms with Crippen molar-refractivity contribution in [3.8, 4) is 11.5 Å². The van der Waals surface area contributed by atoms with Crippen molar-refractivity contribution in [1.82, 2.24) is 9.62 Å². The maximum Gasteiger partial charge on any atom is 0.214 e. The van der Waals surface area contributed by atoms with Crippen molar-refractivity contribution in [1.29, 1.82) is 0 Å². The summed E-state index contributed by atoms with van der Waals surface area (Å²) in [5.41, 5.74) is 0.702. The van der Waals surface area contributed by atoms with Gasteiger partial charge < -0.3 is 15.2 Å². The number of hydrogen-bond donors (Lipinski definition) is 2. The van der Waals surface area contributed by atoms with Crippen LogP contribution in [0.3, 0.4) is 0 Å². The predicted octanol–water partition coefficient (Wildman–Crippen LogP) is 0.943. The van der Waals surface area contributed by atoms with Gasteiger partial charge in [0.15, 0.2) is 0 Å². The molecule has 1 rings (SSSR count). The second kappa shape index (κ2) is 6.92. The molecule has 1 aromatic rings. The molecule has 0 heterocycles. The van der Waals surface area contributed by atoms with E-state index in [1.165, 1.54) is 31.6 Å². The monoisotopic (exact) mass is 302 g/mol. The summed E-state index contributed by atoms with van der Waals surface area (Å²) in [7, 11) is 1.34. The summed E-state index contributed by atoms with van der Waals surface area (Å²) >= 11 is 0. The summed E-state index contributed by atoms with van der Waals surface area (Å²) in [6.07, 6.45) is 0. The van der Waals surface area contributed by atoms with Crippen LogP contribution in [0.4, 0.5) is 0 Å². The van der Waals surface area contributed by atoms with Gasteiger partial charge in [0.2, 0.25) is 10.0 Å². The number of nitrogens with one attached hydrogen (secondary N) is 1. The van der Waals surface area contributed by atoms with E-state index in [1.54, 1.807) is 12.1 Å². The number of sulfonamides is 1. The van der Waals surface area contributed by atoms with Crippen LogP contribution in [0.5, 0.6) is 11.5 Å². The zero-order chi connectivity index (χ0) is 15.3. The molecule has 20 heavy (non-hydrogen) atoms. The van der Waals surface area contributed by atoms with Gasteiger partial charge in [-0.25, -0.2) is 12.7 Å². The van der Waals surface area contributed by atoms with Crippen molar-refractivity contribution >= 4 is 10.0 Å². The summed E-state index contributed by atoms with van der Waals surface area (Å²) in [5.74, 6) is 0.717. The fourth-order valence-electron chi connectivity index (χ4n) is 1.71. The highest BCUT2D eigenvalue weighted by Gasteiger charge is 2.15. The number of aromatic hydroxyl groups is 1. The highest BCUT2D eigenvalue weighted by atomic mass is 32.2. The molecule has 0 fully saturated rings. The lowest BCUT2D eigenvalue weighted by Gasteiger charge is -2.17. The number of phenolic OH excluding ortho intramolecular Hbond substituents is 1. The summed E-state index contributed by atoms with van der Waals surface area (Å²) in [4.78, 5) is 0.